The van der Waals surface area contributed by atoms with Crippen LogP contribution >= 0.6 is 0 Å². The molecule has 0 aromatic carbocycles. The van der Waals surface area contributed by atoms with E-state index in [2.05, 4.69) is 0 Å². The Morgan fingerprint density at radius 2 is 2.12 bits per heavy atom. The molecule has 0 bridgehead atoms. The quantitative estimate of drug-likeness (QED) is 0.748. The maximum atomic E-state index is 13.3. The summed E-state index contributed by atoms with van der Waals surface area (Å²) in [6.07, 6.45) is -1.17. The topological polar surface area (TPSA) is 55.6 Å². The first-order chi connectivity index (χ1) is 7.20. The Kier molecular flexibility index (Phi) is 3.78. The van der Waals surface area contributed by atoms with Crippen LogP contribution in [-0.2, 0) is 4.74 Å². The first-order valence-corrected chi connectivity index (χ1v) is 5.60. The van der Waals surface area contributed by atoms with Crippen molar-refractivity contribution >= 4 is 6.09 Å². The van der Waals surface area contributed by atoms with Gasteiger partial charge in [0.2, 0.25) is 0 Å². The van der Waals surface area contributed by atoms with E-state index in [-0.39, 0.29) is 18.6 Å². The number of hydrogen-bond acceptors (Lipinski definition) is 3. The van der Waals surface area contributed by atoms with Crippen molar-refractivity contribution in [3.63, 3.8) is 0 Å². The lowest BCUT2D eigenvalue weighted by molar-refractivity contribution is 0.0203. The van der Waals surface area contributed by atoms with Gasteiger partial charge in [-0.25, -0.2) is 9.18 Å². The van der Waals surface area contributed by atoms with Crippen molar-refractivity contribution in [2.24, 2.45) is 5.73 Å². The fraction of sp³-hybridized carbons (Fsp3) is 0.909. The number of nitrogens with zero attached hydrogens (tertiary/aromatic N) is 1. The second-order valence-corrected chi connectivity index (χ2v) is 5.39. The molecule has 0 aromatic rings. The molecule has 0 radical (unpaired) electrons. The lowest BCUT2D eigenvalue weighted by Gasteiger charge is -2.29. The van der Waals surface area contributed by atoms with Gasteiger partial charge in [0.05, 0.1) is 12.6 Å². The molecule has 5 heteroatoms. The van der Waals surface area contributed by atoms with Crippen LogP contribution in [-0.4, -0.2) is 41.4 Å². The zero-order valence-electron chi connectivity index (χ0n) is 10.4. The number of nitrogens with two attached hydrogens (primary N) is 1. The Bertz CT molecular complexity index is 263. The molecular formula is C11H21FN2O2. The highest BCUT2D eigenvalue weighted by Crippen LogP contribution is 2.24. The molecule has 1 amide bonds. The van der Waals surface area contributed by atoms with E-state index >= 15 is 0 Å². The summed E-state index contributed by atoms with van der Waals surface area (Å²) < 4.78 is 18.5. The van der Waals surface area contributed by atoms with Gasteiger partial charge in [0, 0.05) is 12.5 Å². The molecule has 1 rings (SSSR count). The number of likely N-dealkylation sites (tertiary alicyclic amines) is 1. The van der Waals surface area contributed by atoms with Gasteiger partial charge in [-0.3, -0.25) is 0 Å². The number of alkyl halides is 1. The molecule has 1 aliphatic rings. The average Bonchev–Trinajstić information content (AvgIpc) is 2.44. The van der Waals surface area contributed by atoms with Gasteiger partial charge >= 0.3 is 6.09 Å². The lowest BCUT2D eigenvalue weighted by atomic mass is 10.1. The first-order valence-electron chi connectivity index (χ1n) is 5.60. The molecule has 0 unspecified atom stereocenters. The zero-order valence-corrected chi connectivity index (χ0v) is 10.4. The van der Waals surface area contributed by atoms with Crippen LogP contribution in [0.4, 0.5) is 9.18 Å². The molecule has 0 spiro atoms. The lowest BCUT2D eigenvalue weighted by Crippen LogP contribution is -2.47. The summed E-state index contributed by atoms with van der Waals surface area (Å²) in [7, 11) is 0. The maximum Gasteiger partial charge on any atom is 0.410 e. The third kappa shape index (κ3) is 3.33. The van der Waals surface area contributed by atoms with Crippen molar-refractivity contribution in [2.75, 3.05) is 6.54 Å². The van der Waals surface area contributed by atoms with E-state index in [1.54, 1.807) is 27.7 Å². The van der Waals surface area contributed by atoms with Crippen LogP contribution in [0, 0.1) is 0 Å². The van der Waals surface area contributed by atoms with Gasteiger partial charge in [-0.15, -0.1) is 0 Å². The summed E-state index contributed by atoms with van der Waals surface area (Å²) in [5, 5.41) is 0. The third-order valence-electron chi connectivity index (χ3n) is 2.53. The SMILES string of the molecule is C[C@H](N)[C@H]1C[C@@H](F)CN1C(=O)OC(C)(C)C. The van der Waals surface area contributed by atoms with Gasteiger partial charge < -0.3 is 15.4 Å². The Hall–Kier alpha value is -0.840. The predicted octanol–water partition coefficient (Wildman–Crippen LogP) is 1.68. The van der Waals surface area contributed by atoms with Crippen molar-refractivity contribution in [3.8, 4) is 0 Å². The highest BCUT2D eigenvalue weighted by Gasteiger charge is 2.39. The second kappa shape index (κ2) is 4.57. The van der Waals surface area contributed by atoms with E-state index in [0.29, 0.717) is 6.42 Å². The molecule has 16 heavy (non-hydrogen) atoms. The summed E-state index contributed by atoms with van der Waals surface area (Å²) in [5.41, 5.74) is 5.17. The zero-order chi connectivity index (χ0) is 12.5. The molecule has 4 nitrogen and oxygen atoms in total. The summed E-state index contributed by atoms with van der Waals surface area (Å²) in [6.45, 7) is 7.22. The average molecular weight is 232 g/mol. The number of carbonyl (C=O) groups is 1. The van der Waals surface area contributed by atoms with Gasteiger partial charge in [0.15, 0.2) is 0 Å². The molecule has 0 aliphatic carbocycles. The van der Waals surface area contributed by atoms with E-state index < -0.39 is 17.9 Å². The highest BCUT2D eigenvalue weighted by molar-refractivity contribution is 5.69. The number of rotatable bonds is 1. The van der Waals surface area contributed by atoms with Crippen LogP contribution in [0.1, 0.15) is 34.1 Å². The van der Waals surface area contributed by atoms with Crippen LogP contribution in [0.25, 0.3) is 0 Å². The van der Waals surface area contributed by atoms with Gasteiger partial charge in [-0.2, -0.15) is 0 Å². The van der Waals surface area contributed by atoms with E-state index in [4.69, 9.17) is 10.5 Å². The largest absolute Gasteiger partial charge is 0.444 e. The fourth-order valence-corrected chi connectivity index (χ4v) is 1.84. The number of carbonyl (C=O) groups excluding carboxylic acids is 1. The molecule has 0 saturated carbocycles. The van der Waals surface area contributed by atoms with Crippen LogP contribution in [0.2, 0.25) is 0 Å². The minimum absolute atomic E-state index is 0.0844. The van der Waals surface area contributed by atoms with Gasteiger partial charge in [0.1, 0.15) is 11.8 Å². The molecule has 94 valence electrons. The summed E-state index contributed by atoms with van der Waals surface area (Å²) in [6, 6.07) is -0.502. The first kappa shape index (κ1) is 13.2. The predicted molar refractivity (Wildman–Crippen MR) is 59.9 cm³/mol. The van der Waals surface area contributed by atoms with E-state index in [1.165, 1.54) is 4.90 Å². The monoisotopic (exact) mass is 232 g/mol. The number of hydrogen-bond donors (Lipinski definition) is 1. The molecule has 2 N–H and O–H groups in total. The third-order valence-corrected chi connectivity index (χ3v) is 2.53. The van der Waals surface area contributed by atoms with Crippen molar-refractivity contribution in [3.05, 3.63) is 0 Å². The summed E-state index contributed by atoms with van der Waals surface area (Å²) >= 11 is 0. The Labute approximate surface area is 95.9 Å². The molecule has 1 heterocycles. The normalized spacial score (nSPS) is 28.0. The van der Waals surface area contributed by atoms with E-state index in [0.717, 1.165) is 0 Å². The number of amides is 1. The van der Waals surface area contributed by atoms with Crippen molar-refractivity contribution in [1.29, 1.82) is 0 Å². The smallest absolute Gasteiger partial charge is 0.410 e. The number of ether oxygens (including phenoxy) is 1. The Balaban J connectivity index is 2.67. The van der Waals surface area contributed by atoms with Gasteiger partial charge in [-0.05, 0) is 27.7 Å². The molecule has 0 aromatic heterocycles. The molecule has 1 fully saturated rings. The second-order valence-electron chi connectivity index (χ2n) is 5.39. The van der Waals surface area contributed by atoms with Crippen LogP contribution in [0.5, 0.6) is 0 Å². The molecule has 3 atom stereocenters. The fourth-order valence-electron chi connectivity index (χ4n) is 1.84. The summed E-state index contributed by atoms with van der Waals surface area (Å²) in [5.74, 6) is 0. The molecule has 1 saturated heterocycles. The standard InChI is InChI=1S/C11H21FN2O2/c1-7(13)9-5-8(12)6-14(9)10(15)16-11(2,3)4/h7-9H,5-6,13H2,1-4H3/t7-,8+,9+/m0/s1. The van der Waals surface area contributed by atoms with E-state index in [9.17, 15) is 9.18 Å². The van der Waals surface area contributed by atoms with Crippen LogP contribution < -0.4 is 5.73 Å². The number of halogens is 1. The van der Waals surface area contributed by atoms with Crippen LogP contribution in [0.3, 0.4) is 0 Å². The highest BCUT2D eigenvalue weighted by atomic mass is 19.1. The molecule has 1 aliphatic heterocycles. The van der Waals surface area contributed by atoms with Gasteiger partial charge in [-0.1, -0.05) is 0 Å². The van der Waals surface area contributed by atoms with Crippen molar-refractivity contribution in [2.45, 2.75) is 58.0 Å². The minimum atomic E-state index is -0.997. The Morgan fingerprint density at radius 1 is 1.56 bits per heavy atom. The van der Waals surface area contributed by atoms with Crippen molar-refractivity contribution in [1.82, 2.24) is 4.90 Å². The maximum absolute atomic E-state index is 13.3. The van der Waals surface area contributed by atoms with Crippen LogP contribution in [0.15, 0.2) is 0 Å². The van der Waals surface area contributed by atoms with E-state index in [1.807, 2.05) is 0 Å². The van der Waals surface area contributed by atoms with Crippen molar-refractivity contribution < 1.29 is 13.9 Å². The summed E-state index contributed by atoms with van der Waals surface area (Å²) in [4.78, 5) is 13.2. The van der Waals surface area contributed by atoms with Gasteiger partial charge in [0.25, 0.3) is 0 Å². The Morgan fingerprint density at radius 3 is 2.56 bits per heavy atom. The molecular weight excluding hydrogens is 211 g/mol. The minimum Gasteiger partial charge on any atom is -0.444 e.